The number of likely N-dealkylation sites (N-methyl/N-ethyl adjacent to an activating group) is 1. The molecule has 26 heavy (non-hydrogen) atoms. The van der Waals surface area contributed by atoms with Gasteiger partial charge >= 0.3 is 0 Å². The second-order valence-electron chi connectivity index (χ2n) is 8.59. The number of hydrogen-bond acceptors (Lipinski definition) is 3. The lowest BCUT2D eigenvalue weighted by molar-refractivity contribution is -0.153. The second-order valence-corrected chi connectivity index (χ2v) is 8.59. The molecule has 3 amide bonds. The van der Waals surface area contributed by atoms with E-state index in [1.54, 1.807) is 0 Å². The molecule has 3 atom stereocenters. The van der Waals surface area contributed by atoms with E-state index in [0.29, 0.717) is 19.3 Å². The predicted octanol–water partition coefficient (Wildman–Crippen LogP) is 3.14. The summed E-state index contributed by atoms with van der Waals surface area (Å²) in [4.78, 5) is 42.4. The van der Waals surface area contributed by atoms with Crippen LogP contribution in [0.4, 0.5) is 0 Å². The van der Waals surface area contributed by atoms with Crippen LogP contribution in [0, 0.1) is 17.8 Å². The lowest BCUT2D eigenvalue weighted by Gasteiger charge is -2.36. The van der Waals surface area contributed by atoms with E-state index >= 15 is 0 Å². The standard InChI is InChI=1S/C21H32N2O3/c1-14(2)13-18(21(26)22(3)15-9-5-4-6-10-15)23-19(24)16-11-7-8-12-17(16)20(23)25/h7-8,14-18H,4-6,9-13H2,1-3H3. The minimum Gasteiger partial charge on any atom is -0.341 e. The maximum Gasteiger partial charge on any atom is 0.245 e. The fourth-order valence-electron chi connectivity index (χ4n) is 4.78. The highest BCUT2D eigenvalue weighted by Crippen LogP contribution is 2.37. The number of amides is 3. The summed E-state index contributed by atoms with van der Waals surface area (Å²) in [6, 6.07) is -0.407. The summed E-state index contributed by atoms with van der Waals surface area (Å²) in [5.74, 6) is -0.630. The van der Waals surface area contributed by atoms with Gasteiger partial charge in [0.05, 0.1) is 11.8 Å². The van der Waals surface area contributed by atoms with Gasteiger partial charge in [0.15, 0.2) is 0 Å². The second kappa shape index (κ2) is 7.93. The highest BCUT2D eigenvalue weighted by molar-refractivity contribution is 6.08. The monoisotopic (exact) mass is 360 g/mol. The van der Waals surface area contributed by atoms with E-state index in [9.17, 15) is 14.4 Å². The van der Waals surface area contributed by atoms with Crippen LogP contribution in [0.1, 0.15) is 65.2 Å². The van der Waals surface area contributed by atoms with Gasteiger partial charge in [-0.25, -0.2) is 0 Å². The van der Waals surface area contributed by atoms with E-state index in [0.717, 1.165) is 25.7 Å². The van der Waals surface area contributed by atoms with Gasteiger partial charge < -0.3 is 4.90 Å². The summed E-state index contributed by atoms with van der Waals surface area (Å²) < 4.78 is 0. The molecule has 1 saturated carbocycles. The molecular formula is C21H32N2O3. The number of likely N-dealkylation sites (tertiary alicyclic amines) is 1. The minimum atomic E-state index is -0.646. The van der Waals surface area contributed by atoms with Gasteiger partial charge in [0.25, 0.3) is 0 Å². The van der Waals surface area contributed by atoms with Gasteiger partial charge in [-0.1, -0.05) is 45.3 Å². The molecule has 1 saturated heterocycles. The molecular weight excluding hydrogens is 328 g/mol. The number of carbonyl (C=O) groups is 3. The molecule has 3 aliphatic rings. The van der Waals surface area contributed by atoms with Crippen LogP contribution in [-0.2, 0) is 14.4 Å². The molecule has 0 aromatic heterocycles. The van der Waals surface area contributed by atoms with E-state index in [1.807, 2.05) is 37.9 Å². The molecule has 5 nitrogen and oxygen atoms in total. The third kappa shape index (κ3) is 3.58. The molecule has 0 bridgehead atoms. The van der Waals surface area contributed by atoms with E-state index in [2.05, 4.69) is 0 Å². The molecule has 0 spiro atoms. The fourth-order valence-corrected chi connectivity index (χ4v) is 4.78. The molecule has 144 valence electrons. The zero-order valence-electron chi connectivity index (χ0n) is 16.3. The number of allylic oxidation sites excluding steroid dienone is 2. The van der Waals surface area contributed by atoms with Crippen molar-refractivity contribution in [1.29, 1.82) is 0 Å². The first kappa shape index (κ1) is 19.1. The van der Waals surface area contributed by atoms with Crippen LogP contribution >= 0.6 is 0 Å². The van der Waals surface area contributed by atoms with Crippen molar-refractivity contribution in [3.05, 3.63) is 12.2 Å². The first-order chi connectivity index (χ1) is 12.4. The number of fused-ring (bicyclic) bond motifs is 1. The summed E-state index contributed by atoms with van der Waals surface area (Å²) in [5, 5.41) is 0. The van der Waals surface area contributed by atoms with Crippen molar-refractivity contribution in [2.45, 2.75) is 77.3 Å². The lowest BCUT2D eigenvalue weighted by atomic mass is 9.85. The van der Waals surface area contributed by atoms with Crippen LogP contribution in [0.5, 0.6) is 0 Å². The van der Waals surface area contributed by atoms with Crippen LogP contribution < -0.4 is 0 Å². The Morgan fingerprint density at radius 2 is 1.62 bits per heavy atom. The Labute approximate surface area is 156 Å². The third-order valence-electron chi connectivity index (χ3n) is 6.30. The van der Waals surface area contributed by atoms with Gasteiger partial charge in [0.2, 0.25) is 17.7 Å². The number of nitrogens with zero attached hydrogens (tertiary/aromatic N) is 2. The van der Waals surface area contributed by atoms with Crippen molar-refractivity contribution in [2.24, 2.45) is 17.8 Å². The Morgan fingerprint density at radius 1 is 1.08 bits per heavy atom. The molecule has 3 rings (SSSR count). The fraction of sp³-hybridized carbons (Fsp3) is 0.762. The smallest absolute Gasteiger partial charge is 0.245 e. The zero-order chi connectivity index (χ0) is 18.8. The molecule has 3 unspecified atom stereocenters. The van der Waals surface area contributed by atoms with Crippen LogP contribution in [0.2, 0.25) is 0 Å². The van der Waals surface area contributed by atoms with Crippen LogP contribution in [0.3, 0.4) is 0 Å². The SMILES string of the molecule is CC(C)CC(C(=O)N(C)C1CCCCC1)N1C(=O)C2CC=CCC2C1=O. The molecule has 0 radical (unpaired) electrons. The van der Waals surface area contributed by atoms with Crippen LogP contribution in [-0.4, -0.2) is 46.7 Å². The summed E-state index contributed by atoms with van der Waals surface area (Å²) >= 11 is 0. The van der Waals surface area contributed by atoms with E-state index in [1.165, 1.54) is 11.3 Å². The van der Waals surface area contributed by atoms with E-state index < -0.39 is 6.04 Å². The normalized spacial score (nSPS) is 27.8. The Hall–Kier alpha value is -1.65. The number of imide groups is 1. The molecule has 5 heteroatoms. The molecule has 1 aliphatic heterocycles. The van der Waals surface area contributed by atoms with Gasteiger partial charge in [-0.05, 0) is 38.0 Å². The van der Waals surface area contributed by atoms with Crippen molar-refractivity contribution < 1.29 is 14.4 Å². The topological polar surface area (TPSA) is 57.7 Å². The Morgan fingerprint density at radius 3 is 2.12 bits per heavy atom. The van der Waals surface area contributed by atoms with Gasteiger partial charge in [0, 0.05) is 13.1 Å². The summed E-state index contributed by atoms with van der Waals surface area (Å²) in [6.07, 6.45) is 11.3. The first-order valence-electron chi connectivity index (χ1n) is 10.2. The Kier molecular flexibility index (Phi) is 5.83. The third-order valence-corrected chi connectivity index (χ3v) is 6.30. The molecule has 0 N–H and O–H groups in total. The maximum absolute atomic E-state index is 13.3. The van der Waals surface area contributed by atoms with Crippen molar-refractivity contribution in [2.75, 3.05) is 7.05 Å². The van der Waals surface area contributed by atoms with Crippen LogP contribution in [0.25, 0.3) is 0 Å². The van der Waals surface area contributed by atoms with E-state index in [-0.39, 0.29) is 41.5 Å². The average Bonchev–Trinajstić information content (AvgIpc) is 2.90. The van der Waals surface area contributed by atoms with Gasteiger partial charge in [-0.15, -0.1) is 0 Å². The minimum absolute atomic E-state index is 0.0566. The summed E-state index contributed by atoms with van der Waals surface area (Å²) in [7, 11) is 1.85. The molecule has 0 aromatic rings. The van der Waals surface area contributed by atoms with Gasteiger partial charge in [0.1, 0.15) is 6.04 Å². The molecule has 0 aromatic carbocycles. The quantitative estimate of drug-likeness (QED) is 0.559. The van der Waals surface area contributed by atoms with E-state index in [4.69, 9.17) is 0 Å². The van der Waals surface area contributed by atoms with Crippen molar-refractivity contribution in [3.63, 3.8) is 0 Å². The molecule has 1 heterocycles. The lowest BCUT2D eigenvalue weighted by Crippen LogP contribution is -2.53. The largest absolute Gasteiger partial charge is 0.341 e. The van der Waals surface area contributed by atoms with Crippen molar-refractivity contribution in [1.82, 2.24) is 9.80 Å². The number of carbonyl (C=O) groups excluding carboxylic acids is 3. The van der Waals surface area contributed by atoms with Crippen molar-refractivity contribution >= 4 is 17.7 Å². The van der Waals surface area contributed by atoms with Gasteiger partial charge in [-0.3, -0.25) is 19.3 Å². The highest BCUT2D eigenvalue weighted by atomic mass is 16.2. The predicted molar refractivity (Wildman–Crippen MR) is 100 cm³/mol. The van der Waals surface area contributed by atoms with Crippen LogP contribution in [0.15, 0.2) is 12.2 Å². The Bertz CT molecular complexity index is 566. The highest BCUT2D eigenvalue weighted by Gasteiger charge is 2.51. The average molecular weight is 360 g/mol. The zero-order valence-corrected chi connectivity index (χ0v) is 16.3. The molecule has 2 fully saturated rings. The summed E-state index contributed by atoms with van der Waals surface area (Å²) in [5.41, 5.74) is 0. The number of rotatable bonds is 5. The Balaban J connectivity index is 1.82. The van der Waals surface area contributed by atoms with Gasteiger partial charge in [-0.2, -0.15) is 0 Å². The van der Waals surface area contributed by atoms with Crippen molar-refractivity contribution in [3.8, 4) is 0 Å². The maximum atomic E-state index is 13.3. The number of hydrogen-bond donors (Lipinski definition) is 0. The molecule has 2 aliphatic carbocycles. The summed E-state index contributed by atoms with van der Waals surface area (Å²) in [6.45, 7) is 4.08. The first-order valence-corrected chi connectivity index (χ1v) is 10.2.